The van der Waals surface area contributed by atoms with Crippen molar-refractivity contribution in [2.24, 2.45) is 0 Å². The highest BCUT2D eigenvalue weighted by atomic mass is 35.5. The van der Waals surface area contributed by atoms with Crippen molar-refractivity contribution >= 4 is 22.5 Å². The molecule has 5 heteroatoms. The molecule has 0 saturated carbocycles. The molecular formula is C15H15ClN4. The van der Waals surface area contributed by atoms with E-state index >= 15 is 0 Å². The zero-order chi connectivity index (χ0) is 14.3. The zero-order valence-corrected chi connectivity index (χ0v) is 12.4. The van der Waals surface area contributed by atoms with Crippen LogP contribution in [0, 0.1) is 0 Å². The van der Waals surface area contributed by atoms with Crippen LogP contribution >= 0.6 is 11.6 Å². The number of benzene rings is 1. The molecule has 102 valence electrons. The van der Waals surface area contributed by atoms with Crippen molar-refractivity contribution in [3.8, 4) is 5.69 Å². The minimum atomic E-state index is -0.135. The number of aromatic nitrogens is 4. The summed E-state index contributed by atoms with van der Waals surface area (Å²) in [6.45, 7) is 6.27. The van der Waals surface area contributed by atoms with Crippen LogP contribution in [0.25, 0.3) is 16.6 Å². The van der Waals surface area contributed by atoms with E-state index in [1.807, 2.05) is 34.9 Å². The molecule has 0 bridgehead atoms. The first-order valence-electron chi connectivity index (χ1n) is 6.43. The van der Waals surface area contributed by atoms with Gasteiger partial charge in [0.25, 0.3) is 0 Å². The summed E-state index contributed by atoms with van der Waals surface area (Å²) in [5.41, 5.74) is 1.77. The van der Waals surface area contributed by atoms with Gasteiger partial charge in [0.15, 0.2) is 0 Å². The average Bonchev–Trinajstić information content (AvgIpc) is 2.80. The normalized spacial score (nSPS) is 12.0. The fourth-order valence-electron chi connectivity index (χ4n) is 2.18. The van der Waals surface area contributed by atoms with Crippen molar-refractivity contribution in [3.05, 3.63) is 47.6 Å². The topological polar surface area (TPSA) is 43.6 Å². The molecule has 0 atom stereocenters. The number of hydrogen-bond donors (Lipinski definition) is 0. The highest BCUT2D eigenvalue weighted by Crippen LogP contribution is 2.27. The van der Waals surface area contributed by atoms with Gasteiger partial charge in [0.2, 0.25) is 5.28 Å². The molecule has 0 N–H and O–H groups in total. The first-order valence-corrected chi connectivity index (χ1v) is 6.81. The molecule has 0 radical (unpaired) electrons. The van der Waals surface area contributed by atoms with E-state index in [9.17, 15) is 0 Å². The molecule has 0 amide bonds. The second-order valence-corrected chi connectivity index (χ2v) is 6.10. The third kappa shape index (κ3) is 2.16. The molecule has 3 rings (SSSR count). The monoisotopic (exact) mass is 286 g/mol. The van der Waals surface area contributed by atoms with Gasteiger partial charge in [-0.25, -0.2) is 0 Å². The van der Waals surface area contributed by atoms with Gasteiger partial charge in [-0.2, -0.15) is 0 Å². The summed E-state index contributed by atoms with van der Waals surface area (Å²) in [5, 5.41) is 9.65. The zero-order valence-electron chi connectivity index (χ0n) is 11.6. The Bertz CT molecular complexity index is 771. The van der Waals surface area contributed by atoms with Crippen molar-refractivity contribution in [3.63, 3.8) is 0 Å². The van der Waals surface area contributed by atoms with E-state index in [1.165, 1.54) is 0 Å². The summed E-state index contributed by atoms with van der Waals surface area (Å²) in [6, 6.07) is 9.96. The molecule has 0 aliphatic rings. The quantitative estimate of drug-likeness (QED) is 0.684. The first kappa shape index (κ1) is 13.1. The standard InChI is InChI=1S/C15H15ClN4/c1-15(2,3)13-18-19-14(16)20(13)11-6-7-12-10(9-11)5-4-8-17-12/h4-9H,1-3H3. The molecule has 20 heavy (non-hydrogen) atoms. The molecule has 0 fully saturated rings. The van der Waals surface area contributed by atoms with Gasteiger partial charge in [-0.05, 0) is 35.9 Å². The summed E-state index contributed by atoms with van der Waals surface area (Å²) < 4.78 is 1.88. The minimum absolute atomic E-state index is 0.135. The molecule has 1 aromatic carbocycles. The third-order valence-corrected chi connectivity index (χ3v) is 3.38. The van der Waals surface area contributed by atoms with E-state index in [1.54, 1.807) is 6.20 Å². The van der Waals surface area contributed by atoms with E-state index in [2.05, 4.69) is 36.0 Å². The van der Waals surface area contributed by atoms with Gasteiger partial charge in [-0.15, -0.1) is 10.2 Å². The summed E-state index contributed by atoms with van der Waals surface area (Å²) >= 11 is 6.21. The van der Waals surface area contributed by atoms with E-state index in [4.69, 9.17) is 11.6 Å². The number of hydrogen-bond acceptors (Lipinski definition) is 3. The Kier molecular flexibility index (Phi) is 2.98. The maximum atomic E-state index is 6.21. The van der Waals surface area contributed by atoms with Crippen molar-refractivity contribution in [1.29, 1.82) is 0 Å². The molecular weight excluding hydrogens is 272 g/mol. The number of rotatable bonds is 1. The van der Waals surface area contributed by atoms with Crippen LogP contribution in [0.5, 0.6) is 0 Å². The molecule has 3 aromatic rings. The second kappa shape index (κ2) is 4.56. The van der Waals surface area contributed by atoms with Crippen LogP contribution in [0.2, 0.25) is 5.28 Å². The average molecular weight is 287 g/mol. The van der Waals surface area contributed by atoms with Crippen LogP contribution in [-0.4, -0.2) is 19.7 Å². The minimum Gasteiger partial charge on any atom is -0.269 e. The molecule has 0 aliphatic carbocycles. The lowest BCUT2D eigenvalue weighted by Crippen LogP contribution is -2.18. The SMILES string of the molecule is CC(C)(C)c1nnc(Cl)n1-c1ccc2ncccc2c1. The number of pyridine rings is 1. The van der Waals surface area contributed by atoms with E-state index in [0.29, 0.717) is 5.28 Å². The van der Waals surface area contributed by atoms with Crippen LogP contribution in [0.1, 0.15) is 26.6 Å². The van der Waals surface area contributed by atoms with Gasteiger partial charge in [0, 0.05) is 17.0 Å². The molecule has 4 nitrogen and oxygen atoms in total. The maximum Gasteiger partial charge on any atom is 0.229 e. The highest BCUT2D eigenvalue weighted by Gasteiger charge is 2.24. The number of nitrogens with zero attached hydrogens (tertiary/aromatic N) is 4. The molecule has 2 aromatic heterocycles. The number of halogens is 1. The predicted octanol–water partition coefficient (Wildman–Crippen LogP) is 3.77. The Morgan fingerprint density at radius 1 is 1.10 bits per heavy atom. The van der Waals surface area contributed by atoms with Crippen LogP contribution in [0.3, 0.4) is 0 Å². The van der Waals surface area contributed by atoms with Gasteiger partial charge < -0.3 is 0 Å². The lowest BCUT2D eigenvalue weighted by Gasteiger charge is -2.19. The number of fused-ring (bicyclic) bond motifs is 1. The Labute approximate surface area is 122 Å². The lowest BCUT2D eigenvalue weighted by molar-refractivity contribution is 0.533. The van der Waals surface area contributed by atoms with Gasteiger partial charge >= 0.3 is 0 Å². The van der Waals surface area contributed by atoms with Crippen LogP contribution < -0.4 is 0 Å². The largest absolute Gasteiger partial charge is 0.269 e. The van der Waals surface area contributed by atoms with Crippen molar-refractivity contribution in [1.82, 2.24) is 19.7 Å². The fourth-order valence-corrected chi connectivity index (χ4v) is 2.40. The predicted molar refractivity (Wildman–Crippen MR) is 80.4 cm³/mol. The smallest absolute Gasteiger partial charge is 0.229 e. The fraction of sp³-hybridized carbons (Fsp3) is 0.267. The first-order chi connectivity index (χ1) is 9.47. The molecule has 0 unspecified atom stereocenters. The summed E-state index contributed by atoms with van der Waals surface area (Å²) in [7, 11) is 0. The van der Waals surface area contributed by atoms with E-state index in [-0.39, 0.29) is 5.41 Å². The maximum absolute atomic E-state index is 6.21. The van der Waals surface area contributed by atoms with E-state index in [0.717, 1.165) is 22.4 Å². The van der Waals surface area contributed by atoms with Crippen molar-refractivity contribution in [2.45, 2.75) is 26.2 Å². The molecule has 2 heterocycles. The summed E-state index contributed by atoms with van der Waals surface area (Å²) in [6.07, 6.45) is 1.79. The van der Waals surface area contributed by atoms with Crippen LogP contribution in [0.4, 0.5) is 0 Å². The molecule has 0 aliphatic heterocycles. The van der Waals surface area contributed by atoms with E-state index < -0.39 is 0 Å². The van der Waals surface area contributed by atoms with Gasteiger partial charge in [0.05, 0.1) is 11.2 Å². The Balaban J connectivity index is 2.23. The molecule has 0 spiro atoms. The van der Waals surface area contributed by atoms with Crippen molar-refractivity contribution in [2.75, 3.05) is 0 Å². The van der Waals surface area contributed by atoms with Gasteiger partial charge in [-0.3, -0.25) is 9.55 Å². The van der Waals surface area contributed by atoms with Gasteiger partial charge in [-0.1, -0.05) is 26.8 Å². The third-order valence-electron chi connectivity index (χ3n) is 3.14. The Morgan fingerprint density at radius 2 is 1.90 bits per heavy atom. The highest BCUT2D eigenvalue weighted by molar-refractivity contribution is 6.28. The molecule has 0 saturated heterocycles. The summed E-state index contributed by atoms with van der Waals surface area (Å²) in [5.74, 6) is 0.839. The van der Waals surface area contributed by atoms with Crippen molar-refractivity contribution < 1.29 is 0 Å². The van der Waals surface area contributed by atoms with Crippen LogP contribution in [-0.2, 0) is 5.41 Å². The van der Waals surface area contributed by atoms with Crippen LogP contribution in [0.15, 0.2) is 36.5 Å². The lowest BCUT2D eigenvalue weighted by atomic mass is 9.95. The summed E-state index contributed by atoms with van der Waals surface area (Å²) in [4.78, 5) is 4.32. The second-order valence-electron chi connectivity index (χ2n) is 5.76. The Morgan fingerprint density at radius 3 is 2.65 bits per heavy atom. The Hall–Kier alpha value is -1.94. The van der Waals surface area contributed by atoms with Gasteiger partial charge in [0.1, 0.15) is 5.82 Å².